The Morgan fingerprint density at radius 3 is 2.65 bits per heavy atom. The second kappa shape index (κ2) is 8.93. The number of aryl methyl sites for hydroxylation is 1. The van der Waals surface area contributed by atoms with E-state index >= 15 is 0 Å². The van der Waals surface area contributed by atoms with E-state index in [0.717, 1.165) is 36.6 Å². The minimum absolute atomic E-state index is 0.129. The van der Waals surface area contributed by atoms with Crippen molar-refractivity contribution >= 4 is 0 Å². The fourth-order valence-corrected chi connectivity index (χ4v) is 1.80. The molecule has 0 amide bonds. The Kier molecular flexibility index (Phi) is 7.55. The van der Waals surface area contributed by atoms with Gasteiger partial charge in [0.05, 0.1) is 12.3 Å². The van der Waals surface area contributed by atoms with Crippen molar-refractivity contribution in [2.45, 2.75) is 46.6 Å². The van der Waals surface area contributed by atoms with Gasteiger partial charge in [-0.05, 0) is 31.4 Å². The largest absolute Gasteiger partial charge is 0.489 e. The zero-order valence-corrected chi connectivity index (χ0v) is 13.2. The molecule has 0 radical (unpaired) electrons. The molecule has 2 N–H and O–H groups in total. The van der Waals surface area contributed by atoms with Crippen molar-refractivity contribution in [3.63, 3.8) is 0 Å². The van der Waals surface area contributed by atoms with Crippen molar-refractivity contribution in [3.05, 3.63) is 23.5 Å². The van der Waals surface area contributed by atoms with Gasteiger partial charge < -0.3 is 15.2 Å². The van der Waals surface area contributed by atoms with E-state index in [0.29, 0.717) is 19.1 Å². The summed E-state index contributed by atoms with van der Waals surface area (Å²) >= 11 is 0. The van der Waals surface area contributed by atoms with Gasteiger partial charge >= 0.3 is 0 Å². The van der Waals surface area contributed by atoms with Crippen molar-refractivity contribution < 1.29 is 9.47 Å². The summed E-state index contributed by atoms with van der Waals surface area (Å²) in [6.07, 6.45) is 1.69. The first kappa shape index (κ1) is 16.9. The smallest absolute Gasteiger partial charge is 0.140 e. The summed E-state index contributed by atoms with van der Waals surface area (Å²) in [5.74, 6) is 1.38. The first-order valence-corrected chi connectivity index (χ1v) is 7.45. The van der Waals surface area contributed by atoms with E-state index in [1.165, 1.54) is 0 Å². The van der Waals surface area contributed by atoms with Crippen LogP contribution < -0.4 is 10.5 Å². The van der Waals surface area contributed by atoms with Gasteiger partial charge in [-0.3, -0.25) is 4.98 Å². The van der Waals surface area contributed by atoms with Gasteiger partial charge in [-0.2, -0.15) is 0 Å². The van der Waals surface area contributed by atoms with Gasteiger partial charge in [-0.15, -0.1) is 0 Å². The lowest BCUT2D eigenvalue weighted by molar-refractivity contribution is 0.0814. The molecule has 1 aromatic heterocycles. The summed E-state index contributed by atoms with van der Waals surface area (Å²) in [6.45, 7) is 10.3. The second-order valence-electron chi connectivity index (χ2n) is 5.59. The number of rotatable bonds is 9. The molecule has 1 heterocycles. The highest BCUT2D eigenvalue weighted by Gasteiger charge is 2.10. The first-order chi connectivity index (χ1) is 9.52. The summed E-state index contributed by atoms with van der Waals surface area (Å²) in [7, 11) is 0. The van der Waals surface area contributed by atoms with Crippen molar-refractivity contribution in [2.24, 2.45) is 11.7 Å². The van der Waals surface area contributed by atoms with Gasteiger partial charge in [0, 0.05) is 24.8 Å². The van der Waals surface area contributed by atoms with Crippen molar-refractivity contribution in [3.8, 4) is 5.75 Å². The highest BCUT2D eigenvalue weighted by atomic mass is 16.5. The normalized spacial score (nSPS) is 12.7. The lowest BCUT2D eigenvalue weighted by Gasteiger charge is -2.14. The SMILES string of the molecule is CCC(N)Cc1nc(C)ccc1OCCOCC(C)C. The number of pyridine rings is 1. The lowest BCUT2D eigenvalue weighted by atomic mass is 10.1. The zero-order chi connectivity index (χ0) is 15.0. The van der Waals surface area contributed by atoms with Crippen LogP contribution in [0.1, 0.15) is 38.6 Å². The van der Waals surface area contributed by atoms with E-state index in [9.17, 15) is 0 Å². The van der Waals surface area contributed by atoms with E-state index in [1.54, 1.807) is 0 Å². The monoisotopic (exact) mass is 280 g/mol. The second-order valence-corrected chi connectivity index (χ2v) is 5.59. The molecule has 1 rings (SSSR count). The number of hydrogen-bond donors (Lipinski definition) is 1. The molecule has 20 heavy (non-hydrogen) atoms. The van der Waals surface area contributed by atoms with Gasteiger partial charge in [0.25, 0.3) is 0 Å². The lowest BCUT2D eigenvalue weighted by Crippen LogP contribution is -2.23. The molecule has 1 unspecified atom stereocenters. The van der Waals surface area contributed by atoms with Gasteiger partial charge in [0.2, 0.25) is 0 Å². The Bertz CT molecular complexity index is 394. The van der Waals surface area contributed by atoms with Crippen LogP contribution in [0.5, 0.6) is 5.75 Å². The molecular formula is C16H28N2O2. The van der Waals surface area contributed by atoms with Crippen LogP contribution in [-0.2, 0) is 11.2 Å². The molecule has 0 aliphatic carbocycles. The number of ether oxygens (including phenoxy) is 2. The van der Waals surface area contributed by atoms with Crippen molar-refractivity contribution in [2.75, 3.05) is 19.8 Å². The molecule has 0 aliphatic heterocycles. The van der Waals surface area contributed by atoms with E-state index in [4.69, 9.17) is 15.2 Å². The maximum atomic E-state index is 6.01. The molecule has 0 saturated heterocycles. The van der Waals surface area contributed by atoms with Crippen molar-refractivity contribution in [1.29, 1.82) is 0 Å². The predicted molar refractivity (Wildman–Crippen MR) is 82.1 cm³/mol. The molecule has 4 heteroatoms. The number of aromatic nitrogens is 1. The average Bonchev–Trinajstić information content (AvgIpc) is 2.40. The maximum absolute atomic E-state index is 6.01. The molecule has 1 aromatic rings. The third-order valence-electron chi connectivity index (χ3n) is 2.99. The molecule has 0 bridgehead atoms. The van der Waals surface area contributed by atoms with Crippen LogP contribution >= 0.6 is 0 Å². The first-order valence-electron chi connectivity index (χ1n) is 7.45. The quantitative estimate of drug-likeness (QED) is 0.707. The minimum atomic E-state index is 0.129. The van der Waals surface area contributed by atoms with Crippen LogP contribution in [0.2, 0.25) is 0 Å². The number of nitrogens with zero attached hydrogens (tertiary/aromatic N) is 1. The maximum Gasteiger partial charge on any atom is 0.140 e. The van der Waals surface area contributed by atoms with E-state index < -0.39 is 0 Å². The fraction of sp³-hybridized carbons (Fsp3) is 0.688. The van der Waals surface area contributed by atoms with Crippen LogP contribution in [0.15, 0.2) is 12.1 Å². The Morgan fingerprint density at radius 1 is 1.25 bits per heavy atom. The molecule has 4 nitrogen and oxygen atoms in total. The Balaban J connectivity index is 2.51. The summed E-state index contributed by atoms with van der Waals surface area (Å²) in [5.41, 5.74) is 7.95. The third kappa shape index (κ3) is 6.35. The highest BCUT2D eigenvalue weighted by molar-refractivity contribution is 5.30. The van der Waals surface area contributed by atoms with Crippen LogP contribution in [-0.4, -0.2) is 30.8 Å². The minimum Gasteiger partial charge on any atom is -0.489 e. The van der Waals surface area contributed by atoms with Crippen LogP contribution in [0.25, 0.3) is 0 Å². The Morgan fingerprint density at radius 2 is 2.00 bits per heavy atom. The van der Waals surface area contributed by atoms with Gasteiger partial charge in [-0.25, -0.2) is 0 Å². The predicted octanol–water partition coefficient (Wildman–Crippen LogP) is 2.72. The van der Waals surface area contributed by atoms with Crippen LogP contribution in [0, 0.1) is 12.8 Å². The summed E-state index contributed by atoms with van der Waals surface area (Å²) in [4.78, 5) is 4.54. The molecule has 0 fully saturated rings. The molecule has 0 saturated carbocycles. The van der Waals surface area contributed by atoms with Crippen molar-refractivity contribution in [1.82, 2.24) is 4.98 Å². The van der Waals surface area contributed by atoms with Gasteiger partial charge in [0.15, 0.2) is 0 Å². The Hall–Kier alpha value is -1.13. The van der Waals surface area contributed by atoms with Crippen LogP contribution in [0.4, 0.5) is 0 Å². The van der Waals surface area contributed by atoms with E-state index in [1.807, 2.05) is 19.1 Å². The number of nitrogens with two attached hydrogens (primary N) is 1. The average molecular weight is 280 g/mol. The highest BCUT2D eigenvalue weighted by Crippen LogP contribution is 2.18. The van der Waals surface area contributed by atoms with Crippen LogP contribution in [0.3, 0.4) is 0 Å². The number of hydrogen-bond acceptors (Lipinski definition) is 4. The van der Waals surface area contributed by atoms with E-state index in [-0.39, 0.29) is 6.04 Å². The Labute approximate surface area is 122 Å². The molecule has 0 aromatic carbocycles. The van der Waals surface area contributed by atoms with Gasteiger partial charge in [-0.1, -0.05) is 20.8 Å². The molecule has 0 aliphatic rings. The topological polar surface area (TPSA) is 57.4 Å². The molecular weight excluding hydrogens is 252 g/mol. The van der Waals surface area contributed by atoms with E-state index in [2.05, 4.69) is 25.8 Å². The molecule has 114 valence electrons. The summed E-state index contributed by atoms with van der Waals surface area (Å²) in [6, 6.07) is 4.07. The standard InChI is InChI=1S/C16H28N2O2/c1-5-14(17)10-15-16(7-6-13(4)18-15)20-9-8-19-11-12(2)3/h6-7,12,14H,5,8-11,17H2,1-4H3. The molecule has 0 spiro atoms. The summed E-state index contributed by atoms with van der Waals surface area (Å²) < 4.78 is 11.3. The third-order valence-corrected chi connectivity index (χ3v) is 2.99. The molecule has 1 atom stereocenters. The fourth-order valence-electron chi connectivity index (χ4n) is 1.80. The van der Waals surface area contributed by atoms with Gasteiger partial charge in [0.1, 0.15) is 12.4 Å². The summed E-state index contributed by atoms with van der Waals surface area (Å²) in [5, 5.41) is 0. The zero-order valence-electron chi connectivity index (χ0n) is 13.2.